The topological polar surface area (TPSA) is 26.0 Å². The van der Waals surface area contributed by atoms with Crippen LogP contribution >= 0.6 is 0 Å². The minimum Gasteiger partial charge on any atom is -0.321 e. The Morgan fingerprint density at radius 1 is 0.944 bits per heavy atom. The zero-order valence-electron chi connectivity index (χ0n) is 11.7. The second-order valence-corrected chi connectivity index (χ2v) is 7.22. The van der Waals surface area contributed by atoms with Gasteiger partial charge in [-0.25, -0.2) is 0 Å². The van der Waals surface area contributed by atoms with Gasteiger partial charge in [-0.15, -0.1) is 0 Å². The van der Waals surface area contributed by atoms with E-state index in [0.717, 1.165) is 18.8 Å². The number of benzene rings is 1. The van der Waals surface area contributed by atoms with E-state index in [-0.39, 0.29) is 5.54 Å². The lowest BCUT2D eigenvalue weighted by Crippen LogP contribution is -2.21. The molecule has 0 bridgehead atoms. The normalized spacial score (nSPS) is 25.9. The van der Waals surface area contributed by atoms with Crippen LogP contribution in [-0.4, -0.2) is 0 Å². The van der Waals surface area contributed by atoms with Crippen molar-refractivity contribution in [3.8, 4) is 0 Å². The molecule has 18 heavy (non-hydrogen) atoms. The molecular formula is C17H25N. The van der Waals surface area contributed by atoms with Gasteiger partial charge in [-0.05, 0) is 61.0 Å². The fraction of sp³-hybridized carbons (Fsp3) is 0.647. The Bertz CT molecular complexity index is 415. The van der Waals surface area contributed by atoms with E-state index < -0.39 is 0 Å². The largest absolute Gasteiger partial charge is 0.321 e. The van der Waals surface area contributed by atoms with Crippen molar-refractivity contribution in [3.63, 3.8) is 0 Å². The highest BCUT2D eigenvalue weighted by Crippen LogP contribution is 2.45. The number of nitrogens with two attached hydrogens (primary N) is 1. The van der Waals surface area contributed by atoms with Gasteiger partial charge >= 0.3 is 0 Å². The standard InChI is InChI=1S/C17H25N/c1-16(2)9-7-14(8-10-16)13-3-5-15(6-4-13)17(18)11-12-17/h3-6,14H,7-12,18H2,1-2H3. The third-order valence-corrected chi connectivity index (χ3v) is 5.08. The van der Waals surface area contributed by atoms with Crippen LogP contribution in [0, 0.1) is 5.41 Å². The Labute approximate surface area is 111 Å². The summed E-state index contributed by atoms with van der Waals surface area (Å²) in [4.78, 5) is 0. The highest BCUT2D eigenvalue weighted by Gasteiger charge is 2.39. The van der Waals surface area contributed by atoms with Gasteiger partial charge < -0.3 is 5.73 Å². The maximum absolute atomic E-state index is 6.23. The van der Waals surface area contributed by atoms with E-state index in [0.29, 0.717) is 5.41 Å². The van der Waals surface area contributed by atoms with Crippen LogP contribution in [-0.2, 0) is 5.54 Å². The maximum atomic E-state index is 6.23. The quantitative estimate of drug-likeness (QED) is 0.822. The summed E-state index contributed by atoms with van der Waals surface area (Å²) >= 11 is 0. The molecule has 0 unspecified atom stereocenters. The molecule has 0 spiro atoms. The molecule has 0 amide bonds. The van der Waals surface area contributed by atoms with Gasteiger partial charge in [-0.2, -0.15) is 0 Å². The molecule has 1 heteroatoms. The van der Waals surface area contributed by atoms with Crippen LogP contribution in [0.4, 0.5) is 0 Å². The summed E-state index contributed by atoms with van der Waals surface area (Å²) in [5.41, 5.74) is 9.68. The summed E-state index contributed by atoms with van der Waals surface area (Å²) in [5, 5.41) is 0. The average molecular weight is 243 g/mol. The fourth-order valence-electron chi connectivity index (χ4n) is 3.24. The van der Waals surface area contributed by atoms with Crippen molar-refractivity contribution in [2.24, 2.45) is 11.1 Å². The summed E-state index contributed by atoms with van der Waals surface area (Å²) in [7, 11) is 0. The van der Waals surface area contributed by atoms with Crippen molar-refractivity contribution in [3.05, 3.63) is 35.4 Å². The molecule has 2 saturated carbocycles. The molecule has 1 nitrogen and oxygen atoms in total. The highest BCUT2D eigenvalue weighted by atomic mass is 14.8. The summed E-state index contributed by atoms with van der Waals surface area (Å²) in [6.45, 7) is 4.80. The van der Waals surface area contributed by atoms with Crippen LogP contribution in [0.3, 0.4) is 0 Å². The van der Waals surface area contributed by atoms with E-state index >= 15 is 0 Å². The second-order valence-electron chi connectivity index (χ2n) is 7.22. The minimum atomic E-state index is 0.0209. The second kappa shape index (κ2) is 4.09. The zero-order valence-corrected chi connectivity index (χ0v) is 11.7. The first kappa shape index (κ1) is 12.2. The molecule has 0 radical (unpaired) electrons. The molecule has 2 N–H and O–H groups in total. The maximum Gasteiger partial charge on any atom is 0.0411 e. The van der Waals surface area contributed by atoms with E-state index in [4.69, 9.17) is 5.73 Å². The van der Waals surface area contributed by atoms with Crippen molar-refractivity contribution in [1.82, 2.24) is 0 Å². The summed E-state index contributed by atoms with van der Waals surface area (Å²) in [6, 6.07) is 9.18. The molecule has 2 fully saturated rings. The molecule has 98 valence electrons. The molecule has 0 aliphatic heterocycles. The molecule has 1 aromatic carbocycles. The Morgan fingerprint density at radius 2 is 1.50 bits per heavy atom. The van der Waals surface area contributed by atoms with E-state index in [2.05, 4.69) is 38.1 Å². The van der Waals surface area contributed by atoms with Gasteiger partial charge in [0.1, 0.15) is 0 Å². The third kappa shape index (κ3) is 2.33. The average Bonchev–Trinajstić information content (AvgIpc) is 3.09. The first-order valence-corrected chi connectivity index (χ1v) is 7.38. The summed E-state index contributed by atoms with van der Waals surface area (Å²) in [6.07, 6.45) is 7.73. The number of hydrogen-bond acceptors (Lipinski definition) is 1. The van der Waals surface area contributed by atoms with Crippen molar-refractivity contribution >= 4 is 0 Å². The summed E-state index contributed by atoms with van der Waals surface area (Å²) < 4.78 is 0. The van der Waals surface area contributed by atoms with E-state index in [1.165, 1.54) is 36.8 Å². The van der Waals surface area contributed by atoms with Gasteiger partial charge in [0.25, 0.3) is 0 Å². The van der Waals surface area contributed by atoms with E-state index in [1.807, 2.05) is 0 Å². The Kier molecular flexibility index (Phi) is 2.78. The van der Waals surface area contributed by atoms with Crippen LogP contribution in [0.1, 0.15) is 69.4 Å². The van der Waals surface area contributed by atoms with Gasteiger partial charge in [0.05, 0.1) is 0 Å². The summed E-state index contributed by atoms with van der Waals surface area (Å²) in [5.74, 6) is 0.778. The van der Waals surface area contributed by atoms with Crippen molar-refractivity contribution in [1.29, 1.82) is 0 Å². The molecule has 3 rings (SSSR count). The van der Waals surface area contributed by atoms with Crippen LogP contribution < -0.4 is 5.73 Å². The third-order valence-electron chi connectivity index (χ3n) is 5.08. The first-order valence-electron chi connectivity index (χ1n) is 7.38. The van der Waals surface area contributed by atoms with Gasteiger partial charge in [-0.3, -0.25) is 0 Å². The van der Waals surface area contributed by atoms with Crippen molar-refractivity contribution < 1.29 is 0 Å². The minimum absolute atomic E-state index is 0.0209. The number of rotatable bonds is 2. The Hall–Kier alpha value is -0.820. The molecular weight excluding hydrogens is 218 g/mol. The SMILES string of the molecule is CC1(C)CCC(c2ccc(C3(N)CC3)cc2)CC1. The molecule has 2 aliphatic carbocycles. The molecule has 0 heterocycles. The molecule has 0 saturated heterocycles. The lowest BCUT2D eigenvalue weighted by molar-refractivity contribution is 0.224. The fourth-order valence-corrected chi connectivity index (χ4v) is 3.24. The van der Waals surface area contributed by atoms with E-state index in [9.17, 15) is 0 Å². The Balaban J connectivity index is 1.70. The van der Waals surface area contributed by atoms with Gasteiger partial charge in [0.2, 0.25) is 0 Å². The van der Waals surface area contributed by atoms with Gasteiger partial charge in [0.15, 0.2) is 0 Å². The lowest BCUT2D eigenvalue weighted by atomic mass is 9.71. The monoisotopic (exact) mass is 243 g/mol. The predicted molar refractivity (Wildman–Crippen MR) is 76.5 cm³/mol. The molecule has 1 aromatic rings. The zero-order chi connectivity index (χ0) is 12.8. The van der Waals surface area contributed by atoms with Crippen LogP contribution in [0.15, 0.2) is 24.3 Å². The van der Waals surface area contributed by atoms with Crippen LogP contribution in [0.25, 0.3) is 0 Å². The van der Waals surface area contributed by atoms with Crippen molar-refractivity contribution in [2.45, 2.75) is 63.8 Å². The number of hydrogen-bond donors (Lipinski definition) is 1. The van der Waals surface area contributed by atoms with E-state index in [1.54, 1.807) is 0 Å². The smallest absolute Gasteiger partial charge is 0.0411 e. The first-order chi connectivity index (χ1) is 8.49. The van der Waals surface area contributed by atoms with Crippen molar-refractivity contribution in [2.75, 3.05) is 0 Å². The lowest BCUT2D eigenvalue weighted by Gasteiger charge is -2.34. The predicted octanol–water partition coefficient (Wildman–Crippen LogP) is 4.32. The van der Waals surface area contributed by atoms with Crippen LogP contribution in [0.2, 0.25) is 0 Å². The Morgan fingerprint density at radius 3 is 2.00 bits per heavy atom. The van der Waals surface area contributed by atoms with Gasteiger partial charge in [0, 0.05) is 5.54 Å². The van der Waals surface area contributed by atoms with Crippen LogP contribution in [0.5, 0.6) is 0 Å². The van der Waals surface area contributed by atoms with Gasteiger partial charge in [-0.1, -0.05) is 38.1 Å². The molecule has 0 atom stereocenters. The molecule has 0 aromatic heterocycles. The molecule has 2 aliphatic rings. The highest BCUT2D eigenvalue weighted by molar-refractivity contribution is 5.33.